The first-order valence-electron chi connectivity index (χ1n) is 11.0. The van der Waals surface area contributed by atoms with Gasteiger partial charge in [-0.25, -0.2) is 0 Å². The summed E-state index contributed by atoms with van der Waals surface area (Å²) in [6.07, 6.45) is -4.51. The third-order valence-electron chi connectivity index (χ3n) is 5.58. The van der Waals surface area contributed by atoms with Gasteiger partial charge < -0.3 is 14.6 Å². The summed E-state index contributed by atoms with van der Waals surface area (Å²) in [5.74, 6) is -0.813. The third kappa shape index (κ3) is 6.09. The van der Waals surface area contributed by atoms with Crippen LogP contribution in [0.15, 0.2) is 83.7 Å². The molecule has 0 radical (unpaired) electrons. The molecule has 3 aromatic carbocycles. The van der Waals surface area contributed by atoms with Crippen molar-refractivity contribution >= 4 is 16.8 Å². The van der Waals surface area contributed by atoms with E-state index in [0.29, 0.717) is 16.5 Å². The van der Waals surface area contributed by atoms with E-state index in [9.17, 15) is 22.8 Å². The van der Waals surface area contributed by atoms with Gasteiger partial charge in [0.05, 0.1) is 5.52 Å². The van der Waals surface area contributed by atoms with Crippen molar-refractivity contribution in [3.8, 4) is 5.75 Å². The van der Waals surface area contributed by atoms with Gasteiger partial charge in [-0.05, 0) is 54.1 Å². The Hall–Kier alpha value is -4.07. The van der Waals surface area contributed by atoms with E-state index in [0.717, 1.165) is 11.1 Å². The normalized spacial score (nSPS) is 11.4. The molecule has 0 aliphatic heterocycles. The number of carbonyl (C=O) groups is 1. The molecule has 4 aromatic rings. The number of aryl methyl sites for hydroxylation is 3. The molecule has 0 saturated heterocycles. The van der Waals surface area contributed by atoms with E-state index in [2.05, 4.69) is 10.1 Å². The lowest BCUT2D eigenvalue weighted by Gasteiger charge is -2.14. The van der Waals surface area contributed by atoms with E-state index in [1.54, 1.807) is 30.3 Å². The number of aromatic nitrogens is 1. The molecule has 1 aromatic heterocycles. The molecule has 0 bridgehead atoms. The first-order valence-corrected chi connectivity index (χ1v) is 11.0. The number of carbonyl (C=O) groups excluding carboxylic acids is 1. The minimum atomic E-state index is -4.79. The lowest BCUT2D eigenvalue weighted by Crippen LogP contribution is -2.33. The van der Waals surface area contributed by atoms with E-state index < -0.39 is 17.8 Å². The predicted molar refractivity (Wildman–Crippen MR) is 127 cm³/mol. The highest BCUT2D eigenvalue weighted by Crippen LogP contribution is 2.24. The average Bonchev–Trinajstić information content (AvgIpc) is 2.82. The number of fused-ring (bicyclic) bond motifs is 1. The number of rotatable bonds is 7. The number of amides is 1. The van der Waals surface area contributed by atoms with Crippen molar-refractivity contribution in [3.63, 3.8) is 0 Å². The van der Waals surface area contributed by atoms with E-state index in [-0.39, 0.29) is 30.8 Å². The molecule has 0 aliphatic carbocycles. The highest BCUT2D eigenvalue weighted by molar-refractivity contribution is 5.97. The van der Waals surface area contributed by atoms with Gasteiger partial charge in [0.1, 0.15) is 11.3 Å². The van der Waals surface area contributed by atoms with Gasteiger partial charge in [-0.1, -0.05) is 60.2 Å². The smallest absolute Gasteiger partial charge is 0.406 e. The fraction of sp³-hybridized carbons (Fsp3) is 0.185. The average molecular weight is 480 g/mol. The number of hydrogen-bond acceptors (Lipinski definition) is 3. The van der Waals surface area contributed by atoms with Crippen LogP contribution in [-0.4, -0.2) is 16.8 Å². The fourth-order valence-electron chi connectivity index (χ4n) is 3.83. The zero-order chi connectivity index (χ0) is 25.0. The summed E-state index contributed by atoms with van der Waals surface area (Å²) >= 11 is 0. The van der Waals surface area contributed by atoms with E-state index in [1.807, 2.05) is 37.3 Å². The van der Waals surface area contributed by atoms with Gasteiger partial charge in [0.25, 0.3) is 11.5 Å². The fourth-order valence-corrected chi connectivity index (χ4v) is 3.83. The van der Waals surface area contributed by atoms with Crippen molar-refractivity contribution in [2.75, 3.05) is 0 Å². The van der Waals surface area contributed by atoms with E-state index in [1.165, 1.54) is 22.8 Å². The number of hydrogen-bond donors (Lipinski definition) is 1. The van der Waals surface area contributed by atoms with Crippen LogP contribution in [0.4, 0.5) is 13.2 Å². The van der Waals surface area contributed by atoms with Crippen molar-refractivity contribution in [1.29, 1.82) is 0 Å². The summed E-state index contributed by atoms with van der Waals surface area (Å²) in [6, 6.07) is 22.1. The Morgan fingerprint density at radius 1 is 0.943 bits per heavy atom. The van der Waals surface area contributed by atoms with Crippen molar-refractivity contribution in [1.82, 2.24) is 9.88 Å². The van der Waals surface area contributed by atoms with Crippen LogP contribution in [0.2, 0.25) is 0 Å². The predicted octanol–water partition coefficient (Wildman–Crippen LogP) is 5.38. The molecule has 1 N–H and O–H groups in total. The second-order valence-electron chi connectivity index (χ2n) is 8.19. The van der Waals surface area contributed by atoms with Crippen LogP contribution in [0, 0.1) is 6.92 Å². The molecule has 0 fully saturated rings. The molecular formula is C27H23F3N2O3. The Bertz CT molecular complexity index is 1410. The van der Waals surface area contributed by atoms with Crippen molar-refractivity contribution < 1.29 is 22.7 Å². The molecule has 0 aliphatic rings. The number of ether oxygens (including phenoxy) is 1. The molecule has 35 heavy (non-hydrogen) atoms. The number of benzene rings is 3. The molecule has 1 heterocycles. The summed E-state index contributed by atoms with van der Waals surface area (Å²) in [7, 11) is 0. The van der Waals surface area contributed by atoms with Crippen LogP contribution in [0.5, 0.6) is 5.75 Å². The maximum absolute atomic E-state index is 13.3. The number of para-hydroxylation sites is 1. The van der Waals surface area contributed by atoms with E-state index >= 15 is 0 Å². The summed E-state index contributed by atoms with van der Waals surface area (Å²) in [5.41, 5.74) is 2.75. The van der Waals surface area contributed by atoms with Crippen LogP contribution in [0.1, 0.15) is 27.0 Å². The van der Waals surface area contributed by atoms with Crippen LogP contribution in [-0.2, 0) is 19.5 Å². The molecule has 0 saturated carbocycles. The molecular weight excluding hydrogens is 457 g/mol. The van der Waals surface area contributed by atoms with Crippen LogP contribution >= 0.6 is 0 Å². The minimum Gasteiger partial charge on any atom is -0.406 e. The van der Waals surface area contributed by atoms with E-state index in [4.69, 9.17) is 0 Å². The quantitative estimate of drug-likeness (QED) is 0.386. The number of halogens is 3. The van der Waals surface area contributed by atoms with Crippen molar-refractivity contribution in [3.05, 3.63) is 111 Å². The molecule has 0 spiro atoms. The zero-order valence-electron chi connectivity index (χ0n) is 18.9. The third-order valence-corrected chi connectivity index (χ3v) is 5.58. The van der Waals surface area contributed by atoms with Gasteiger partial charge in [0.2, 0.25) is 0 Å². The SMILES string of the molecule is Cc1ccc(CNC(=O)c2cc3ccccc3n(CCc3cccc(OC(F)(F)F)c3)c2=O)cc1. The van der Waals surface area contributed by atoms with Crippen molar-refractivity contribution in [2.45, 2.75) is 32.8 Å². The molecule has 180 valence electrons. The zero-order valence-corrected chi connectivity index (χ0v) is 18.9. The largest absolute Gasteiger partial charge is 0.573 e. The number of pyridine rings is 1. The molecule has 8 heteroatoms. The minimum absolute atomic E-state index is 0.00460. The highest BCUT2D eigenvalue weighted by atomic mass is 19.4. The first-order chi connectivity index (χ1) is 16.7. The van der Waals surface area contributed by atoms with Gasteiger partial charge in [0, 0.05) is 13.1 Å². The second-order valence-corrected chi connectivity index (χ2v) is 8.19. The Morgan fingerprint density at radius 3 is 2.43 bits per heavy atom. The Labute approximate surface area is 199 Å². The summed E-state index contributed by atoms with van der Waals surface area (Å²) in [6.45, 7) is 2.42. The second kappa shape index (κ2) is 10.0. The lowest BCUT2D eigenvalue weighted by atomic mass is 10.1. The molecule has 0 atom stereocenters. The summed E-state index contributed by atoms with van der Waals surface area (Å²) < 4.78 is 43.1. The maximum Gasteiger partial charge on any atom is 0.573 e. The summed E-state index contributed by atoms with van der Waals surface area (Å²) in [5, 5.41) is 3.51. The lowest BCUT2D eigenvalue weighted by molar-refractivity contribution is -0.274. The van der Waals surface area contributed by atoms with Gasteiger partial charge in [-0.2, -0.15) is 0 Å². The number of nitrogens with one attached hydrogen (secondary N) is 1. The number of alkyl halides is 3. The van der Waals surface area contributed by atoms with Gasteiger partial charge in [-0.3, -0.25) is 9.59 Å². The molecule has 4 rings (SSSR count). The standard InChI is InChI=1S/C27H23F3N2O3/c1-18-9-11-20(12-10-18)17-31-25(33)23-16-21-6-2-3-8-24(21)32(26(23)34)14-13-19-5-4-7-22(15-19)35-27(28,29)30/h2-12,15-16H,13-14,17H2,1H3,(H,31,33). The molecule has 0 unspecified atom stereocenters. The monoisotopic (exact) mass is 480 g/mol. The van der Waals surface area contributed by atoms with Crippen LogP contribution in [0.25, 0.3) is 10.9 Å². The van der Waals surface area contributed by atoms with Gasteiger partial charge >= 0.3 is 6.36 Å². The maximum atomic E-state index is 13.3. The molecule has 1 amide bonds. The van der Waals surface area contributed by atoms with Gasteiger partial charge in [-0.15, -0.1) is 13.2 Å². The Morgan fingerprint density at radius 2 is 1.69 bits per heavy atom. The Balaban J connectivity index is 1.59. The number of nitrogens with zero attached hydrogens (tertiary/aromatic N) is 1. The highest BCUT2D eigenvalue weighted by Gasteiger charge is 2.31. The topological polar surface area (TPSA) is 60.3 Å². The van der Waals surface area contributed by atoms with Crippen LogP contribution in [0.3, 0.4) is 0 Å². The summed E-state index contributed by atoms with van der Waals surface area (Å²) in [4.78, 5) is 26.2. The Kier molecular flexibility index (Phi) is 6.91. The van der Waals surface area contributed by atoms with Crippen LogP contribution < -0.4 is 15.6 Å². The molecule has 5 nitrogen and oxygen atoms in total. The first kappa shape index (κ1) is 24.1. The van der Waals surface area contributed by atoms with Gasteiger partial charge in [0.15, 0.2) is 0 Å². The van der Waals surface area contributed by atoms with Crippen molar-refractivity contribution in [2.24, 2.45) is 0 Å².